The van der Waals surface area contributed by atoms with Crippen LogP contribution in [0.5, 0.6) is 0 Å². The molecule has 0 aromatic rings. The van der Waals surface area contributed by atoms with E-state index in [1.165, 1.54) is 0 Å². The molecule has 0 radical (unpaired) electrons. The zero-order valence-corrected chi connectivity index (χ0v) is 6.63. The van der Waals surface area contributed by atoms with Gasteiger partial charge in [0.25, 0.3) is 0 Å². The number of hydrogen-bond donors (Lipinski definition) is 0. The summed E-state index contributed by atoms with van der Waals surface area (Å²) in [7, 11) is 0. The van der Waals surface area contributed by atoms with E-state index in [1.807, 2.05) is 0 Å². The molecule has 0 aliphatic heterocycles. The van der Waals surface area contributed by atoms with Crippen molar-refractivity contribution in [2.75, 3.05) is 0 Å². The summed E-state index contributed by atoms with van der Waals surface area (Å²) in [5, 5.41) is 0. The van der Waals surface area contributed by atoms with Gasteiger partial charge >= 0.3 is 57.7 Å². The molecule has 0 fully saturated rings. The van der Waals surface area contributed by atoms with Gasteiger partial charge in [0.05, 0.1) is 0 Å². The second-order valence-electron chi connectivity index (χ2n) is 0.0833. The summed E-state index contributed by atoms with van der Waals surface area (Å²) in [6, 6.07) is 0. The van der Waals surface area contributed by atoms with Crippen LogP contribution in [-0.2, 0) is 44.7 Å². The molecule has 0 atom stereocenters. The average molecular weight is 268 g/mol. The molecule has 5 heavy (non-hydrogen) atoms. The van der Waals surface area contributed by atoms with Gasteiger partial charge in [-0.2, -0.15) is 0 Å². The van der Waals surface area contributed by atoms with E-state index < -0.39 is 19.1 Å². The molecule has 0 bridgehead atoms. The van der Waals surface area contributed by atoms with E-state index in [0.29, 0.717) is 0 Å². The first kappa shape index (κ1) is 9.73. The number of hydrogen-bond acceptors (Lipinski definition) is 2. The Labute approximate surface area is 57.1 Å². The molecule has 0 aliphatic rings. The molecule has 5 heteroatoms. The van der Waals surface area contributed by atoms with E-state index in [2.05, 4.69) is 32.0 Å². The van der Waals surface area contributed by atoms with Crippen LogP contribution in [0.3, 0.4) is 0 Å². The van der Waals surface area contributed by atoms with Gasteiger partial charge in [-0.25, -0.2) is 0 Å². The number of halogens is 1. The Morgan fingerprint density at radius 2 is 1.40 bits per heavy atom. The van der Waals surface area contributed by atoms with Crippen molar-refractivity contribution in [1.82, 2.24) is 0 Å². The van der Waals surface area contributed by atoms with E-state index in [9.17, 15) is 0 Å². The first-order valence-electron chi connectivity index (χ1n) is 0.522. The monoisotopic (exact) mass is 266 g/mol. The third kappa shape index (κ3) is 29.4. The Morgan fingerprint density at radius 3 is 1.40 bits per heavy atom. The van der Waals surface area contributed by atoms with E-state index >= 15 is 0 Å². The van der Waals surface area contributed by atoms with Crippen molar-refractivity contribution in [3.8, 4) is 0 Å². The summed E-state index contributed by atoms with van der Waals surface area (Å²) < 4.78 is 17.0. The second-order valence-corrected chi connectivity index (χ2v) is 0.344. The molecule has 0 N–H and O–H groups in total. The van der Waals surface area contributed by atoms with Crippen molar-refractivity contribution < 1.29 is 44.7 Å². The fourth-order valence-electron chi connectivity index (χ4n) is 0. The van der Waals surface area contributed by atoms with Gasteiger partial charge in [-0.05, 0) is 0 Å². The molecule has 0 amide bonds. The average Bonchev–Trinajstić information content (AvgIpc) is 1.46. The summed E-state index contributed by atoms with van der Waals surface area (Å²) in [6.45, 7) is 0. The van der Waals surface area contributed by atoms with Crippen LogP contribution >= 0.6 is 13.0 Å². The molecule has 0 saturated carbocycles. The Hall–Kier alpha value is 1.53. The predicted octanol–water partition coefficient (Wildman–Crippen LogP) is 0.603. The Balaban J connectivity index is 0. The van der Waals surface area contributed by atoms with Crippen LogP contribution in [0.4, 0.5) is 0 Å². The number of rotatable bonds is 0. The summed E-state index contributed by atoms with van der Waals surface area (Å²) in [4.78, 5) is 0. The van der Waals surface area contributed by atoms with Crippen molar-refractivity contribution in [3.63, 3.8) is 0 Å². The Kier molecular flexibility index (Phi) is 34.5. The first-order valence-corrected chi connectivity index (χ1v) is 5.19. The summed E-state index contributed by atoms with van der Waals surface area (Å²) in [5.41, 5.74) is 0. The van der Waals surface area contributed by atoms with Gasteiger partial charge in [0.1, 0.15) is 0 Å². The molecule has 0 aromatic heterocycles. The molecule has 0 saturated heterocycles. The fourth-order valence-corrected chi connectivity index (χ4v) is 0. The van der Waals surface area contributed by atoms with E-state index in [-0.39, 0.29) is 0 Å². The van der Waals surface area contributed by atoms with Crippen LogP contribution in [-0.4, -0.2) is 0 Å². The second kappa shape index (κ2) is 17.7. The molecule has 0 unspecified atom stereocenters. The van der Waals surface area contributed by atoms with Gasteiger partial charge in [0.2, 0.25) is 0 Å². The van der Waals surface area contributed by atoms with Crippen LogP contribution in [0, 0.1) is 0 Å². The van der Waals surface area contributed by atoms with Gasteiger partial charge in [-0.1, -0.05) is 0 Å². The minimum atomic E-state index is -2.00. The maximum absolute atomic E-state index is 8.50. The van der Waals surface area contributed by atoms with Gasteiger partial charge in [-0.3, -0.25) is 0 Å². The van der Waals surface area contributed by atoms with Crippen LogP contribution in [0.1, 0.15) is 0 Å². The van der Waals surface area contributed by atoms with Gasteiger partial charge in [0.15, 0.2) is 0 Å². The molecule has 0 aromatic carbocycles. The van der Waals surface area contributed by atoms with Gasteiger partial charge in [0, 0.05) is 0 Å². The fraction of sp³-hybridized carbons (Fsp3) is 0. The zero-order valence-electron chi connectivity index (χ0n) is 2.00. The van der Waals surface area contributed by atoms with Crippen LogP contribution < -0.4 is 0 Å². The summed E-state index contributed by atoms with van der Waals surface area (Å²) >= 11 is 3.51. The van der Waals surface area contributed by atoms with Crippen molar-refractivity contribution >= 4 is 13.0 Å². The van der Waals surface area contributed by atoms with Crippen LogP contribution in [0.2, 0.25) is 0 Å². The van der Waals surface area contributed by atoms with E-state index in [0.717, 1.165) is 0 Å². The predicted molar refractivity (Wildman–Crippen MR) is 10.3 cm³/mol. The Bertz CT molecular complexity index is 30.6. The first-order chi connectivity index (χ1) is 2.41. The topological polar surface area (TPSA) is 34.1 Å². The zero-order chi connectivity index (χ0) is 4.71. The van der Waals surface area contributed by atoms with Crippen molar-refractivity contribution in [2.24, 2.45) is 0 Å². The van der Waals surface area contributed by atoms with Gasteiger partial charge in [-0.15, -0.1) is 0 Å². The molecule has 0 rings (SSSR count). The molecule has 0 aliphatic carbocycles. The van der Waals surface area contributed by atoms with Gasteiger partial charge < -0.3 is 0 Å². The standard InChI is InChI=1S/Ag.BrH.2O.Ti/h;1H;;;/q+1;;;;/p-1. The molecule has 34 valence electrons. The summed E-state index contributed by atoms with van der Waals surface area (Å²) in [5.74, 6) is 0. The SMILES string of the molecule is [Br][Ag].[O]=[Ti]=[O]. The molecule has 2 nitrogen and oxygen atoms in total. The normalized spacial score (nSPS) is 3.00. The molecule has 0 heterocycles. The third-order valence-electron chi connectivity index (χ3n) is 0. The molecule has 0 spiro atoms. The van der Waals surface area contributed by atoms with Crippen molar-refractivity contribution in [2.45, 2.75) is 0 Å². The van der Waals surface area contributed by atoms with E-state index in [1.54, 1.807) is 0 Å². The summed E-state index contributed by atoms with van der Waals surface area (Å²) in [6.07, 6.45) is 0. The third-order valence-corrected chi connectivity index (χ3v) is 0. The maximum atomic E-state index is 8.50. The van der Waals surface area contributed by atoms with Crippen LogP contribution in [0.25, 0.3) is 0 Å². The quantitative estimate of drug-likeness (QED) is 0.603. The van der Waals surface area contributed by atoms with E-state index in [4.69, 9.17) is 6.65 Å². The molecular weight excluding hydrogens is 268 g/mol. The Morgan fingerprint density at radius 1 is 1.40 bits per heavy atom. The minimum absolute atomic E-state index is 2.00. The van der Waals surface area contributed by atoms with Crippen LogP contribution in [0.15, 0.2) is 0 Å². The van der Waals surface area contributed by atoms with Crippen molar-refractivity contribution in [1.29, 1.82) is 0 Å². The molecular formula is AgBrO2Ti. The van der Waals surface area contributed by atoms with Crippen molar-refractivity contribution in [3.05, 3.63) is 0 Å².